The SMILES string of the molecule is Cc1c(C)c(=O)n(Cc2cccc(F)c2Br)[nH]c1=O. The Kier molecular flexibility index (Phi) is 3.71. The van der Waals surface area contributed by atoms with Crippen molar-refractivity contribution in [3.05, 3.63) is 65.9 Å². The van der Waals surface area contributed by atoms with E-state index >= 15 is 0 Å². The monoisotopic (exact) mass is 326 g/mol. The van der Waals surface area contributed by atoms with Gasteiger partial charge in [0.25, 0.3) is 11.1 Å². The molecule has 0 unspecified atom stereocenters. The Balaban J connectivity index is 2.54. The van der Waals surface area contributed by atoms with Gasteiger partial charge in [0.15, 0.2) is 0 Å². The summed E-state index contributed by atoms with van der Waals surface area (Å²) in [6.45, 7) is 3.30. The van der Waals surface area contributed by atoms with Gasteiger partial charge >= 0.3 is 0 Å². The molecule has 0 saturated heterocycles. The van der Waals surface area contributed by atoms with E-state index in [1.807, 2.05) is 0 Å². The molecule has 1 aromatic carbocycles. The Hall–Kier alpha value is -1.69. The second-order valence-corrected chi connectivity index (χ2v) is 5.09. The molecule has 1 aromatic heterocycles. The summed E-state index contributed by atoms with van der Waals surface area (Å²) in [7, 11) is 0. The third-order valence-corrected chi connectivity index (χ3v) is 3.95. The lowest BCUT2D eigenvalue weighted by Crippen LogP contribution is -2.33. The number of nitrogens with one attached hydrogen (secondary N) is 1. The second kappa shape index (κ2) is 5.13. The van der Waals surface area contributed by atoms with Gasteiger partial charge in [-0.25, -0.2) is 9.07 Å². The summed E-state index contributed by atoms with van der Waals surface area (Å²) in [4.78, 5) is 23.7. The first kappa shape index (κ1) is 13.7. The maximum absolute atomic E-state index is 13.4. The largest absolute Gasteiger partial charge is 0.268 e. The van der Waals surface area contributed by atoms with Gasteiger partial charge < -0.3 is 0 Å². The Morgan fingerprint density at radius 1 is 1.26 bits per heavy atom. The molecule has 0 aliphatic heterocycles. The van der Waals surface area contributed by atoms with Gasteiger partial charge in [0, 0.05) is 11.1 Å². The summed E-state index contributed by atoms with van der Waals surface area (Å²) in [6.07, 6.45) is 0. The van der Waals surface area contributed by atoms with Crippen molar-refractivity contribution in [1.29, 1.82) is 0 Å². The van der Waals surface area contributed by atoms with E-state index in [0.717, 1.165) is 0 Å². The molecule has 19 heavy (non-hydrogen) atoms. The van der Waals surface area contributed by atoms with Crippen molar-refractivity contribution in [2.75, 3.05) is 0 Å². The smallest absolute Gasteiger partial charge is 0.268 e. The minimum absolute atomic E-state index is 0.105. The fraction of sp³-hybridized carbons (Fsp3) is 0.231. The van der Waals surface area contributed by atoms with Crippen LogP contribution in [-0.2, 0) is 6.54 Å². The van der Waals surface area contributed by atoms with Crippen molar-refractivity contribution >= 4 is 15.9 Å². The van der Waals surface area contributed by atoms with Gasteiger partial charge in [-0.1, -0.05) is 12.1 Å². The van der Waals surface area contributed by atoms with Gasteiger partial charge in [0.1, 0.15) is 5.82 Å². The predicted octanol–water partition coefficient (Wildman–Crippen LogP) is 2.10. The molecule has 4 nitrogen and oxygen atoms in total. The molecular weight excluding hydrogens is 315 g/mol. The fourth-order valence-electron chi connectivity index (χ4n) is 1.74. The van der Waals surface area contributed by atoms with Crippen LogP contribution in [0.3, 0.4) is 0 Å². The van der Waals surface area contributed by atoms with Crippen LogP contribution >= 0.6 is 15.9 Å². The average molecular weight is 327 g/mol. The molecule has 0 aliphatic carbocycles. The van der Waals surface area contributed by atoms with Crippen LogP contribution in [0.2, 0.25) is 0 Å². The van der Waals surface area contributed by atoms with Crippen LogP contribution in [0.1, 0.15) is 16.7 Å². The van der Waals surface area contributed by atoms with E-state index in [1.165, 1.54) is 10.7 Å². The highest BCUT2D eigenvalue weighted by atomic mass is 79.9. The number of aromatic nitrogens is 2. The molecule has 0 atom stereocenters. The highest BCUT2D eigenvalue weighted by molar-refractivity contribution is 9.10. The summed E-state index contributed by atoms with van der Waals surface area (Å²) in [5, 5.41) is 2.49. The molecule has 2 rings (SSSR count). The molecule has 0 radical (unpaired) electrons. The van der Waals surface area contributed by atoms with Crippen molar-refractivity contribution in [2.45, 2.75) is 20.4 Å². The summed E-state index contributed by atoms with van der Waals surface area (Å²) in [5.41, 5.74) is 0.787. The minimum Gasteiger partial charge on any atom is -0.268 e. The van der Waals surface area contributed by atoms with Gasteiger partial charge in [0.05, 0.1) is 11.0 Å². The van der Waals surface area contributed by atoms with Crippen LogP contribution < -0.4 is 11.1 Å². The molecule has 1 N–H and O–H groups in total. The van der Waals surface area contributed by atoms with Gasteiger partial charge in [-0.15, -0.1) is 0 Å². The number of hydrogen-bond donors (Lipinski definition) is 1. The van der Waals surface area contributed by atoms with Crippen LogP contribution in [0.5, 0.6) is 0 Å². The number of benzene rings is 1. The van der Waals surface area contributed by atoms with Crippen molar-refractivity contribution in [3.8, 4) is 0 Å². The first-order valence-electron chi connectivity index (χ1n) is 5.65. The van der Waals surface area contributed by atoms with E-state index in [-0.39, 0.29) is 17.7 Å². The van der Waals surface area contributed by atoms with E-state index in [1.54, 1.807) is 26.0 Å². The number of H-pyrrole nitrogens is 1. The number of nitrogens with zero attached hydrogens (tertiary/aromatic N) is 1. The highest BCUT2D eigenvalue weighted by Gasteiger charge is 2.10. The zero-order valence-corrected chi connectivity index (χ0v) is 12.0. The number of hydrogen-bond acceptors (Lipinski definition) is 2. The zero-order chi connectivity index (χ0) is 14.2. The van der Waals surface area contributed by atoms with Crippen LogP contribution in [0.25, 0.3) is 0 Å². The maximum Gasteiger partial charge on any atom is 0.268 e. The van der Waals surface area contributed by atoms with Gasteiger partial charge in [-0.3, -0.25) is 14.7 Å². The molecule has 0 aliphatic rings. The minimum atomic E-state index is -0.406. The van der Waals surface area contributed by atoms with Crippen LogP contribution in [0.15, 0.2) is 32.3 Å². The molecule has 0 amide bonds. The Morgan fingerprint density at radius 3 is 2.63 bits per heavy atom. The number of rotatable bonds is 2. The molecule has 0 bridgehead atoms. The Bertz CT molecular complexity index is 749. The number of aromatic amines is 1. The maximum atomic E-state index is 13.4. The third-order valence-electron chi connectivity index (χ3n) is 3.07. The average Bonchev–Trinajstić information content (AvgIpc) is 2.38. The molecule has 0 saturated carbocycles. The predicted molar refractivity (Wildman–Crippen MR) is 74.0 cm³/mol. The van der Waals surface area contributed by atoms with Gasteiger partial charge in [0.2, 0.25) is 0 Å². The molecule has 0 spiro atoms. The Morgan fingerprint density at radius 2 is 1.95 bits per heavy atom. The van der Waals surface area contributed by atoms with Crippen LogP contribution in [0.4, 0.5) is 4.39 Å². The number of halogens is 2. The van der Waals surface area contributed by atoms with Gasteiger partial charge in [-0.2, -0.15) is 0 Å². The lowest BCUT2D eigenvalue weighted by molar-refractivity contribution is 0.595. The van der Waals surface area contributed by atoms with Crippen LogP contribution in [0, 0.1) is 19.7 Å². The quantitative estimate of drug-likeness (QED) is 0.918. The van der Waals surface area contributed by atoms with E-state index < -0.39 is 5.82 Å². The summed E-state index contributed by atoms with van der Waals surface area (Å²) in [6, 6.07) is 4.56. The molecule has 6 heteroatoms. The molecular formula is C13H12BrFN2O2. The molecule has 2 aromatic rings. The first-order valence-corrected chi connectivity index (χ1v) is 6.44. The topological polar surface area (TPSA) is 54.9 Å². The van der Waals surface area contributed by atoms with E-state index in [9.17, 15) is 14.0 Å². The summed E-state index contributed by atoms with van der Waals surface area (Å²) < 4.78 is 14.9. The van der Waals surface area contributed by atoms with Gasteiger partial charge in [-0.05, 0) is 41.4 Å². The van der Waals surface area contributed by atoms with E-state index in [4.69, 9.17) is 0 Å². The molecule has 1 heterocycles. The molecule has 100 valence electrons. The third kappa shape index (κ3) is 2.53. The van der Waals surface area contributed by atoms with Crippen molar-refractivity contribution in [3.63, 3.8) is 0 Å². The van der Waals surface area contributed by atoms with Crippen molar-refractivity contribution < 1.29 is 4.39 Å². The van der Waals surface area contributed by atoms with E-state index in [0.29, 0.717) is 21.2 Å². The lowest BCUT2D eigenvalue weighted by atomic mass is 10.2. The second-order valence-electron chi connectivity index (χ2n) is 4.30. The normalized spacial score (nSPS) is 10.7. The van der Waals surface area contributed by atoms with Crippen molar-refractivity contribution in [1.82, 2.24) is 9.78 Å². The standard InChI is InChI=1S/C13H12BrFN2O2/c1-7-8(2)13(19)17(16-12(7)18)6-9-4-3-5-10(15)11(9)14/h3-5H,6H2,1-2H3,(H,16,18). The first-order chi connectivity index (χ1) is 8.91. The van der Waals surface area contributed by atoms with Crippen molar-refractivity contribution in [2.24, 2.45) is 0 Å². The summed E-state index contributed by atoms with van der Waals surface area (Å²) in [5.74, 6) is -0.406. The van der Waals surface area contributed by atoms with E-state index in [2.05, 4.69) is 21.0 Å². The lowest BCUT2D eigenvalue weighted by Gasteiger charge is -2.10. The van der Waals surface area contributed by atoms with Crippen LogP contribution in [-0.4, -0.2) is 9.78 Å². The zero-order valence-electron chi connectivity index (χ0n) is 10.5. The fourth-order valence-corrected chi connectivity index (χ4v) is 2.13. The molecule has 0 fully saturated rings. The highest BCUT2D eigenvalue weighted by Crippen LogP contribution is 2.20. The summed E-state index contributed by atoms with van der Waals surface area (Å²) >= 11 is 3.13. The Labute approximate surface area is 117 Å².